The second-order valence-electron chi connectivity index (χ2n) is 6.16. The summed E-state index contributed by atoms with van der Waals surface area (Å²) in [6, 6.07) is 4.17. The Balaban J connectivity index is 1.89. The van der Waals surface area contributed by atoms with Crippen molar-refractivity contribution in [2.45, 2.75) is 33.2 Å². The number of nitrogens with one attached hydrogen (secondary N) is 1. The number of fused-ring (bicyclic) bond motifs is 1. The normalized spacial score (nSPS) is 23.4. The lowest BCUT2D eigenvalue weighted by Crippen LogP contribution is -2.41. The third-order valence-electron chi connectivity index (χ3n) is 4.74. The van der Waals surface area contributed by atoms with E-state index in [0.717, 1.165) is 31.6 Å². The first-order valence-corrected chi connectivity index (χ1v) is 9.19. The van der Waals surface area contributed by atoms with Crippen LogP contribution in [0.15, 0.2) is 17.2 Å². The lowest BCUT2D eigenvalue weighted by atomic mass is 9.86. The van der Waals surface area contributed by atoms with Crippen LogP contribution in [0.1, 0.15) is 38.8 Å². The number of hydrogen-bond donors (Lipinski definition) is 1. The summed E-state index contributed by atoms with van der Waals surface area (Å²) >= 11 is 6.48. The molecule has 24 heavy (non-hydrogen) atoms. The highest BCUT2D eigenvalue weighted by Gasteiger charge is 2.37. The molecule has 0 aromatic heterocycles. The highest BCUT2D eigenvalue weighted by Crippen LogP contribution is 2.41. The van der Waals surface area contributed by atoms with Gasteiger partial charge in [-0.05, 0) is 38.1 Å². The second-order valence-corrected chi connectivity index (χ2v) is 6.56. The Morgan fingerprint density at radius 2 is 2.04 bits per heavy atom. The molecule has 0 radical (unpaired) electrons. The molecule has 1 fully saturated rings. The molecule has 1 saturated heterocycles. The highest BCUT2D eigenvalue weighted by molar-refractivity contribution is 6.32. The number of piperidine rings is 1. The van der Waals surface area contributed by atoms with Gasteiger partial charge in [0.2, 0.25) is 0 Å². The van der Waals surface area contributed by atoms with Gasteiger partial charge in [-0.1, -0.05) is 18.5 Å². The van der Waals surface area contributed by atoms with E-state index in [4.69, 9.17) is 21.1 Å². The Bertz CT molecular complexity index is 621. The molecule has 3 rings (SSSR count). The predicted molar refractivity (Wildman–Crippen MR) is 97.3 cm³/mol. The van der Waals surface area contributed by atoms with Crippen molar-refractivity contribution in [3.8, 4) is 11.5 Å². The summed E-state index contributed by atoms with van der Waals surface area (Å²) in [7, 11) is 0. The van der Waals surface area contributed by atoms with Gasteiger partial charge in [-0.25, -0.2) is 0 Å². The van der Waals surface area contributed by atoms with Crippen molar-refractivity contribution >= 4 is 17.3 Å². The summed E-state index contributed by atoms with van der Waals surface area (Å²) in [4.78, 5) is 2.48. The summed E-state index contributed by atoms with van der Waals surface area (Å²) in [5.41, 5.74) is 5.69. The zero-order valence-corrected chi connectivity index (χ0v) is 15.4. The number of ether oxygens (including phenoxy) is 2. The van der Waals surface area contributed by atoms with E-state index in [1.165, 1.54) is 5.71 Å². The maximum atomic E-state index is 6.48. The number of benzene rings is 1. The smallest absolute Gasteiger partial charge is 0.179 e. The Kier molecular flexibility index (Phi) is 5.51. The molecule has 1 aromatic carbocycles. The molecule has 6 heteroatoms. The van der Waals surface area contributed by atoms with Crippen LogP contribution in [0.5, 0.6) is 11.5 Å². The van der Waals surface area contributed by atoms with E-state index in [-0.39, 0.29) is 6.04 Å². The first-order valence-electron chi connectivity index (χ1n) is 8.81. The van der Waals surface area contributed by atoms with E-state index in [2.05, 4.69) is 22.4 Å². The average molecular weight is 352 g/mol. The molecular weight excluding hydrogens is 326 g/mol. The molecule has 2 aliphatic rings. The second kappa shape index (κ2) is 7.62. The summed E-state index contributed by atoms with van der Waals surface area (Å²) in [6.45, 7) is 10.4. The van der Waals surface area contributed by atoms with Crippen LogP contribution in [0, 0.1) is 5.92 Å². The van der Waals surface area contributed by atoms with Gasteiger partial charge in [-0.15, -0.1) is 0 Å². The van der Waals surface area contributed by atoms with Gasteiger partial charge in [0.15, 0.2) is 11.5 Å². The van der Waals surface area contributed by atoms with Gasteiger partial charge in [-0.2, -0.15) is 5.10 Å². The summed E-state index contributed by atoms with van der Waals surface area (Å²) in [5.74, 6) is 1.73. The standard InChI is InChI=1S/C18H26ClN3O2/c1-4-22-8-7-15-13(11-22)17(21-20-15)12-9-14(19)18(24-6-3)16(10-12)23-5-2/h9-10,13,17,21H,4-8,11H2,1-3H3. The van der Waals surface area contributed by atoms with Gasteiger partial charge < -0.3 is 19.8 Å². The van der Waals surface area contributed by atoms with Gasteiger partial charge in [0, 0.05) is 31.1 Å². The lowest BCUT2D eigenvalue weighted by Gasteiger charge is -2.33. The number of hydrazone groups is 1. The minimum absolute atomic E-state index is 0.140. The summed E-state index contributed by atoms with van der Waals surface area (Å²) < 4.78 is 11.4. The Morgan fingerprint density at radius 3 is 2.75 bits per heavy atom. The maximum absolute atomic E-state index is 6.48. The molecule has 132 valence electrons. The molecule has 2 unspecified atom stereocenters. The van der Waals surface area contributed by atoms with Crippen LogP contribution in [0.25, 0.3) is 0 Å². The van der Waals surface area contributed by atoms with Crippen LogP contribution in [0.4, 0.5) is 0 Å². The molecule has 2 aliphatic heterocycles. The van der Waals surface area contributed by atoms with Gasteiger partial charge in [0.25, 0.3) is 0 Å². The van der Waals surface area contributed by atoms with Gasteiger partial charge in [0.1, 0.15) is 0 Å². The molecule has 2 atom stereocenters. The Labute approximate surface area is 149 Å². The fraction of sp³-hybridized carbons (Fsp3) is 0.611. The number of halogens is 1. The molecule has 0 spiro atoms. The minimum Gasteiger partial charge on any atom is -0.490 e. The Morgan fingerprint density at radius 1 is 1.25 bits per heavy atom. The largest absolute Gasteiger partial charge is 0.490 e. The number of likely N-dealkylation sites (tertiary alicyclic amines) is 1. The topological polar surface area (TPSA) is 46.1 Å². The third kappa shape index (κ3) is 3.33. The van der Waals surface area contributed by atoms with Gasteiger partial charge in [-0.3, -0.25) is 0 Å². The minimum atomic E-state index is 0.140. The maximum Gasteiger partial charge on any atom is 0.179 e. The first kappa shape index (κ1) is 17.4. The van der Waals surface area contributed by atoms with Crippen LogP contribution in [0.3, 0.4) is 0 Å². The fourth-order valence-corrected chi connectivity index (χ4v) is 3.79. The number of hydrogen-bond acceptors (Lipinski definition) is 5. The molecule has 0 saturated carbocycles. The highest BCUT2D eigenvalue weighted by atomic mass is 35.5. The van der Waals surface area contributed by atoms with Crippen LogP contribution < -0.4 is 14.9 Å². The molecule has 0 aliphatic carbocycles. The monoisotopic (exact) mass is 351 g/mol. The summed E-state index contributed by atoms with van der Waals surface area (Å²) in [5, 5.41) is 5.17. The van der Waals surface area contributed by atoms with Gasteiger partial charge >= 0.3 is 0 Å². The lowest BCUT2D eigenvalue weighted by molar-refractivity contribution is 0.238. The Hall–Kier alpha value is -1.46. The number of nitrogens with zero attached hydrogens (tertiary/aromatic N) is 2. The van der Waals surface area contributed by atoms with Crippen molar-refractivity contribution in [3.05, 3.63) is 22.7 Å². The van der Waals surface area contributed by atoms with E-state index in [1.54, 1.807) is 0 Å². The van der Waals surface area contributed by atoms with Crippen molar-refractivity contribution < 1.29 is 9.47 Å². The quantitative estimate of drug-likeness (QED) is 0.852. The van der Waals surface area contributed by atoms with Crippen LogP contribution in [-0.2, 0) is 0 Å². The van der Waals surface area contributed by atoms with E-state index in [1.807, 2.05) is 26.0 Å². The fourth-order valence-electron chi connectivity index (χ4n) is 3.52. The predicted octanol–water partition coefficient (Wildman–Crippen LogP) is 3.48. The van der Waals surface area contributed by atoms with Crippen molar-refractivity contribution in [3.63, 3.8) is 0 Å². The average Bonchev–Trinajstić information content (AvgIpc) is 3.01. The molecule has 5 nitrogen and oxygen atoms in total. The van der Waals surface area contributed by atoms with E-state index < -0.39 is 0 Å². The molecule has 1 aromatic rings. The summed E-state index contributed by atoms with van der Waals surface area (Å²) in [6.07, 6.45) is 1.03. The zero-order chi connectivity index (χ0) is 17.1. The molecular formula is C18H26ClN3O2. The number of rotatable bonds is 6. The van der Waals surface area contributed by atoms with Crippen LogP contribution in [0.2, 0.25) is 5.02 Å². The molecule has 0 bridgehead atoms. The molecule has 2 heterocycles. The SMILES string of the molecule is CCOc1cc(C2NN=C3CCN(CC)CC32)cc(Cl)c1OCC. The third-order valence-corrected chi connectivity index (χ3v) is 5.02. The van der Waals surface area contributed by atoms with Crippen molar-refractivity contribution in [2.24, 2.45) is 11.0 Å². The first-order chi connectivity index (χ1) is 11.7. The zero-order valence-electron chi connectivity index (χ0n) is 14.6. The van der Waals surface area contributed by atoms with E-state index in [0.29, 0.717) is 35.7 Å². The van der Waals surface area contributed by atoms with Crippen molar-refractivity contribution in [2.75, 3.05) is 32.8 Å². The van der Waals surface area contributed by atoms with Crippen molar-refractivity contribution in [1.29, 1.82) is 0 Å². The van der Waals surface area contributed by atoms with E-state index >= 15 is 0 Å². The molecule has 1 N–H and O–H groups in total. The van der Waals surface area contributed by atoms with Gasteiger partial charge in [0.05, 0.1) is 24.3 Å². The van der Waals surface area contributed by atoms with Crippen LogP contribution in [-0.4, -0.2) is 43.5 Å². The molecule has 0 amide bonds. The van der Waals surface area contributed by atoms with E-state index in [9.17, 15) is 0 Å². The van der Waals surface area contributed by atoms with Crippen molar-refractivity contribution in [1.82, 2.24) is 10.3 Å². The van der Waals surface area contributed by atoms with Crippen LogP contribution >= 0.6 is 11.6 Å².